The van der Waals surface area contributed by atoms with Crippen LogP contribution in [0.15, 0.2) is 11.6 Å². The maximum Gasteiger partial charge on any atom is -0.0175 e. The largest absolute Gasteiger partial charge is 0.412 e. The fourth-order valence-electron chi connectivity index (χ4n) is 3.70. The second kappa shape index (κ2) is 8.79. The third kappa shape index (κ3) is 4.63. The second-order valence-corrected chi connectivity index (χ2v) is 6.54. The van der Waals surface area contributed by atoms with Gasteiger partial charge in [-0.25, -0.2) is 0 Å². The Labute approximate surface area is 121 Å². The molecule has 19 heavy (non-hydrogen) atoms. The van der Waals surface area contributed by atoms with Gasteiger partial charge < -0.3 is 5.48 Å². The first-order valence-corrected chi connectivity index (χ1v) is 8.28. The summed E-state index contributed by atoms with van der Waals surface area (Å²) >= 11 is 0. The molecule has 0 saturated heterocycles. The maximum absolute atomic E-state index is 2.58. The molecule has 0 amide bonds. The average Bonchev–Trinajstić information content (AvgIpc) is 2.40. The monoisotopic (exact) mass is 268 g/mol. The minimum atomic E-state index is 0. The van der Waals surface area contributed by atoms with Crippen LogP contribution in [0.4, 0.5) is 0 Å². The number of hydrogen-bond acceptors (Lipinski definition) is 0. The van der Waals surface area contributed by atoms with E-state index in [0.29, 0.717) is 0 Å². The summed E-state index contributed by atoms with van der Waals surface area (Å²) in [4.78, 5) is 0. The van der Waals surface area contributed by atoms with Gasteiger partial charge in [0.05, 0.1) is 0 Å². The topological polar surface area (TPSA) is 31.5 Å². The smallest absolute Gasteiger partial charge is 0.0175 e. The Kier molecular flexibility index (Phi) is 8.65. The van der Waals surface area contributed by atoms with E-state index in [9.17, 15) is 0 Å². The van der Waals surface area contributed by atoms with Gasteiger partial charge in [0.2, 0.25) is 0 Å². The zero-order chi connectivity index (χ0) is 13.7. The van der Waals surface area contributed by atoms with Gasteiger partial charge in [-0.2, -0.15) is 0 Å². The van der Waals surface area contributed by atoms with Gasteiger partial charge in [0, 0.05) is 0 Å². The predicted octanol–water partition coefficient (Wildman–Crippen LogP) is 5.25. The summed E-state index contributed by atoms with van der Waals surface area (Å²) in [6.45, 7) is 13.8. The number of hydrogen-bond donors (Lipinski definition) is 0. The Morgan fingerprint density at radius 2 is 1.53 bits per heavy atom. The minimum Gasteiger partial charge on any atom is -0.412 e. The Morgan fingerprint density at radius 1 is 0.895 bits per heavy atom. The molecule has 0 spiro atoms. The van der Waals surface area contributed by atoms with Crippen molar-refractivity contribution in [3.8, 4) is 0 Å². The highest BCUT2D eigenvalue weighted by molar-refractivity contribution is 5.13. The molecule has 114 valence electrons. The van der Waals surface area contributed by atoms with Gasteiger partial charge in [0.1, 0.15) is 0 Å². The van der Waals surface area contributed by atoms with Crippen molar-refractivity contribution in [3.63, 3.8) is 0 Å². The molecule has 0 aromatic carbocycles. The van der Waals surface area contributed by atoms with E-state index in [1.165, 1.54) is 32.1 Å². The van der Waals surface area contributed by atoms with Gasteiger partial charge in [0.15, 0.2) is 0 Å². The maximum atomic E-state index is 2.58. The van der Waals surface area contributed by atoms with Crippen LogP contribution >= 0.6 is 0 Å². The molecule has 2 aliphatic carbocycles. The third-order valence-electron chi connectivity index (χ3n) is 5.48. The van der Waals surface area contributed by atoms with Crippen molar-refractivity contribution in [3.05, 3.63) is 11.6 Å². The van der Waals surface area contributed by atoms with Crippen LogP contribution in [-0.4, -0.2) is 5.48 Å². The van der Waals surface area contributed by atoms with Gasteiger partial charge in [0.25, 0.3) is 0 Å². The molecule has 0 aromatic rings. The summed E-state index contributed by atoms with van der Waals surface area (Å²) in [7, 11) is 0. The summed E-state index contributed by atoms with van der Waals surface area (Å²) < 4.78 is 0. The van der Waals surface area contributed by atoms with Crippen LogP contribution in [0, 0.1) is 29.6 Å². The summed E-state index contributed by atoms with van der Waals surface area (Å²) in [5.74, 6) is 4.61. The van der Waals surface area contributed by atoms with E-state index in [2.05, 4.69) is 33.8 Å². The summed E-state index contributed by atoms with van der Waals surface area (Å²) in [6.07, 6.45) is 9.63. The fourth-order valence-corrected chi connectivity index (χ4v) is 3.70. The van der Waals surface area contributed by atoms with Crippen molar-refractivity contribution in [2.24, 2.45) is 29.6 Å². The van der Waals surface area contributed by atoms with E-state index in [4.69, 9.17) is 0 Å². The lowest BCUT2D eigenvalue weighted by molar-refractivity contribution is 0.142. The van der Waals surface area contributed by atoms with Crippen LogP contribution < -0.4 is 0 Å². The lowest BCUT2D eigenvalue weighted by Gasteiger charge is -2.41. The van der Waals surface area contributed by atoms with Gasteiger partial charge in [-0.15, -0.1) is 0 Å². The first-order chi connectivity index (χ1) is 8.59. The van der Waals surface area contributed by atoms with Gasteiger partial charge in [-0.3, -0.25) is 0 Å². The molecule has 2 N–H and O–H groups in total. The molecule has 0 aromatic heterocycles. The molecule has 0 heterocycles. The Morgan fingerprint density at radius 3 is 2.05 bits per heavy atom. The molecule has 5 atom stereocenters. The fraction of sp³-hybridized carbons (Fsp3) is 0.889. The SMILES string of the molecule is CC.CC1CC=C(C2CCC(C)C(C)C2C)CC1.O. The molecule has 1 nitrogen and oxygen atoms in total. The molecule has 0 bridgehead atoms. The summed E-state index contributed by atoms with van der Waals surface area (Å²) in [5.41, 5.74) is 1.81. The quantitative estimate of drug-likeness (QED) is 0.581. The summed E-state index contributed by atoms with van der Waals surface area (Å²) in [5, 5.41) is 0. The average molecular weight is 268 g/mol. The highest BCUT2D eigenvalue weighted by Crippen LogP contribution is 2.44. The standard InChI is InChI=1S/C16H28.C2H6.H2O/c1-11-5-8-15(9-6-11)16-10-7-12(2)13(3)14(16)4;1-2;/h8,11-14,16H,5-7,9-10H2,1-4H3;1-2H3;1H2. The number of allylic oxidation sites excluding steroid dienone is 2. The lowest BCUT2D eigenvalue weighted by atomic mass is 9.65. The first kappa shape index (κ1) is 18.7. The van der Waals surface area contributed by atoms with E-state index >= 15 is 0 Å². The second-order valence-electron chi connectivity index (χ2n) is 6.54. The normalized spacial score (nSPS) is 38.4. The molecule has 1 saturated carbocycles. The van der Waals surface area contributed by atoms with Crippen LogP contribution in [-0.2, 0) is 0 Å². The predicted molar refractivity (Wildman–Crippen MR) is 86.3 cm³/mol. The van der Waals surface area contributed by atoms with Crippen LogP contribution in [0.2, 0.25) is 0 Å². The van der Waals surface area contributed by atoms with E-state index in [1.54, 1.807) is 0 Å². The molecule has 0 radical (unpaired) electrons. The highest BCUT2D eigenvalue weighted by atomic mass is 16.0. The molecule has 1 heteroatoms. The Bertz CT molecular complexity index is 269. The van der Waals surface area contributed by atoms with Crippen molar-refractivity contribution in [1.82, 2.24) is 0 Å². The molecule has 1 fully saturated rings. The van der Waals surface area contributed by atoms with Crippen molar-refractivity contribution >= 4 is 0 Å². The molecular formula is C18H36O. The molecular weight excluding hydrogens is 232 g/mol. The van der Waals surface area contributed by atoms with Gasteiger partial charge in [-0.05, 0) is 61.7 Å². The summed E-state index contributed by atoms with van der Waals surface area (Å²) in [6, 6.07) is 0. The van der Waals surface area contributed by atoms with Crippen LogP contribution in [0.1, 0.15) is 73.6 Å². The highest BCUT2D eigenvalue weighted by Gasteiger charge is 2.33. The first-order valence-electron chi connectivity index (χ1n) is 8.28. The Balaban J connectivity index is 0.00000103. The van der Waals surface area contributed by atoms with E-state index in [1.807, 2.05) is 19.4 Å². The van der Waals surface area contributed by atoms with Gasteiger partial charge in [-0.1, -0.05) is 53.2 Å². The minimum absolute atomic E-state index is 0. The van der Waals surface area contributed by atoms with E-state index in [-0.39, 0.29) is 5.48 Å². The van der Waals surface area contributed by atoms with Crippen LogP contribution in [0.3, 0.4) is 0 Å². The van der Waals surface area contributed by atoms with Crippen LogP contribution in [0.25, 0.3) is 0 Å². The molecule has 0 aliphatic heterocycles. The van der Waals surface area contributed by atoms with Crippen molar-refractivity contribution in [2.75, 3.05) is 0 Å². The molecule has 2 aliphatic rings. The van der Waals surface area contributed by atoms with Crippen LogP contribution in [0.5, 0.6) is 0 Å². The Hall–Kier alpha value is -0.300. The molecule has 5 unspecified atom stereocenters. The zero-order valence-corrected chi connectivity index (χ0v) is 14.0. The number of rotatable bonds is 1. The van der Waals surface area contributed by atoms with Crippen molar-refractivity contribution in [2.45, 2.75) is 73.6 Å². The zero-order valence-electron chi connectivity index (χ0n) is 14.0. The van der Waals surface area contributed by atoms with Crippen molar-refractivity contribution in [1.29, 1.82) is 0 Å². The van der Waals surface area contributed by atoms with Gasteiger partial charge >= 0.3 is 0 Å². The van der Waals surface area contributed by atoms with E-state index < -0.39 is 0 Å². The molecule has 2 rings (SSSR count). The van der Waals surface area contributed by atoms with E-state index in [0.717, 1.165) is 29.6 Å². The lowest BCUT2D eigenvalue weighted by Crippen LogP contribution is -2.31. The third-order valence-corrected chi connectivity index (χ3v) is 5.48. The van der Waals surface area contributed by atoms with Crippen molar-refractivity contribution < 1.29 is 5.48 Å².